The molecule has 0 saturated heterocycles. The minimum absolute atomic E-state index is 0.00912. The molecule has 5 aliphatic carbocycles. The molecule has 7 heteroatoms. The number of rotatable bonds is 4. The molecule has 0 aromatic rings. The predicted octanol–water partition coefficient (Wildman–Crippen LogP) is 7.42. The highest BCUT2D eigenvalue weighted by molar-refractivity contribution is 5.97. The molecule has 5 rings (SSSR count). The van der Waals surface area contributed by atoms with Gasteiger partial charge in [0.15, 0.2) is 5.78 Å². The minimum Gasteiger partial charge on any atom is -0.395 e. The zero-order valence-corrected chi connectivity index (χ0v) is 25.1. The fraction of sp³-hybridized carbons (Fsp3) is 0.848. The fourth-order valence-electron chi connectivity index (χ4n) is 10.8. The van der Waals surface area contributed by atoms with Crippen molar-refractivity contribution in [2.24, 2.45) is 50.2 Å². The topological polar surface area (TPSA) is 71.4 Å². The quantitative estimate of drug-likeness (QED) is 0.386. The molecule has 0 unspecified atom stereocenters. The summed E-state index contributed by atoms with van der Waals surface area (Å²) in [6, 6.07) is 0. The van der Waals surface area contributed by atoms with Crippen molar-refractivity contribution in [3.63, 3.8) is 0 Å². The lowest BCUT2D eigenvalue weighted by molar-refractivity contribution is -0.184. The first-order valence-electron chi connectivity index (χ1n) is 15.3. The van der Waals surface area contributed by atoms with Crippen LogP contribution in [0.3, 0.4) is 0 Å². The summed E-state index contributed by atoms with van der Waals surface area (Å²) in [5, 5.41) is 10.4. The number of fused-ring (bicyclic) bond motifs is 7. The lowest BCUT2D eigenvalue weighted by Gasteiger charge is -2.69. The fourth-order valence-corrected chi connectivity index (χ4v) is 10.8. The van der Waals surface area contributed by atoms with Crippen molar-refractivity contribution < 1.29 is 32.7 Å². The van der Waals surface area contributed by atoms with Crippen LogP contribution in [0.2, 0.25) is 0 Å². The Hall–Kier alpha value is -1.50. The van der Waals surface area contributed by atoms with Gasteiger partial charge >= 0.3 is 6.18 Å². The molecule has 40 heavy (non-hydrogen) atoms. The standard InChI is InChI=1S/C33H47F3O4/c1-27(2)13-15-32(25(40)9-12-33(34,35)36)16-14-31(6)26(20(32)18-27)21(38)17-23-28(3)10-8-24(39)29(4,19-37)22(28)7-11-30(23,31)5/h17,20,22,26,37H,7-16,18-19H2,1-6H3/t20-,22+,26-,28-,29-,30+,31+,32-/m0/s1. The molecule has 0 bridgehead atoms. The van der Waals surface area contributed by atoms with Gasteiger partial charge in [-0.25, -0.2) is 0 Å². The SMILES string of the molecule is CC1(C)CC[C@]2(C(=O)CCC(F)(F)F)CC[C@]3(C)[C@H](C(=O)C=C4[C@@]5(C)CCC(=O)[C@@](C)(CO)[C@@H]5CC[C@]43C)[C@@H]2C1. The van der Waals surface area contributed by atoms with Gasteiger partial charge in [-0.15, -0.1) is 0 Å². The number of hydrogen-bond donors (Lipinski definition) is 1. The van der Waals surface area contributed by atoms with Gasteiger partial charge in [-0.05, 0) is 90.9 Å². The summed E-state index contributed by atoms with van der Waals surface area (Å²) >= 11 is 0. The van der Waals surface area contributed by atoms with Crippen LogP contribution in [0.25, 0.3) is 0 Å². The zero-order valence-electron chi connectivity index (χ0n) is 25.1. The minimum atomic E-state index is -4.39. The van der Waals surface area contributed by atoms with Crippen molar-refractivity contribution in [3.05, 3.63) is 11.6 Å². The third-order valence-electron chi connectivity index (χ3n) is 13.5. The molecule has 1 N–H and O–H groups in total. The van der Waals surface area contributed by atoms with E-state index in [1.54, 1.807) is 0 Å². The second kappa shape index (κ2) is 9.00. The summed E-state index contributed by atoms with van der Waals surface area (Å²) in [4.78, 5) is 41.2. The lowest BCUT2D eigenvalue weighted by atomic mass is 9.33. The van der Waals surface area contributed by atoms with E-state index in [0.29, 0.717) is 38.5 Å². The summed E-state index contributed by atoms with van der Waals surface area (Å²) in [7, 11) is 0. The molecule has 8 atom stereocenters. The maximum atomic E-state index is 14.4. The first kappa shape index (κ1) is 30.0. The van der Waals surface area contributed by atoms with Crippen LogP contribution < -0.4 is 0 Å². The largest absolute Gasteiger partial charge is 0.395 e. The van der Waals surface area contributed by atoms with Gasteiger partial charge < -0.3 is 5.11 Å². The number of aliphatic hydroxyl groups excluding tert-OH is 1. The molecule has 0 spiro atoms. The van der Waals surface area contributed by atoms with Gasteiger partial charge in [0.25, 0.3) is 0 Å². The number of Topliss-reactive ketones (excluding diaryl/α,β-unsaturated/α-hetero) is 2. The van der Waals surface area contributed by atoms with Crippen LogP contribution in [-0.4, -0.2) is 35.2 Å². The molecule has 0 amide bonds. The van der Waals surface area contributed by atoms with Gasteiger partial charge in [-0.2, -0.15) is 13.2 Å². The normalized spacial score (nSPS) is 46.5. The maximum absolute atomic E-state index is 14.4. The smallest absolute Gasteiger partial charge is 0.389 e. The van der Waals surface area contributed by atoms with E-state index in [1.807, 2.05) is 13.0 Å². The van der Waals surface area contributed by atoms with Crippen LogP contribution in [0, 0.1) is 50.2 Å². The Morgan fingerprint density at radius 2 is 1.62 bits per heavy atom. The van der Waals surface area contributed by atoms with Crippen LogP contribution in [0.15, 0.2) is 11.6 Å². The van der Waals surface area contributed by atoms with Gasteiger partial charge in [0.05, 0.1) is 18.4 Å². The number of ketones is 3. The molecular weight excluding hydrogens is 517 g/mol. The molecule has 0 aliphatic heterocycles. The number of carbonyl (C=O) groups is 3. The van der Waals surface area contributed by atoms with Crippen molar-refractivity contribution in [1.29, 1.82) is 0 Å². The predicted molar refractivity (Wildman–Crippen MR) is 146 cm³/mol. The number of aliphatic hydroxyl groups is 1. The van der Waals surface area contributed by atoms with Crippen LogP contribution in [0.4, 0.5) is 13.2 Å². The van der Waals surface area contributed by atoms with E-state index >= 15 is 0 Å². The monoisotopic (exact) mass is 564 g/mol. The summed E-state index contributed by atoms with van der Waals surface area (Å²) in [6.07, 6.45) is 1.55. The molecule has 0 radical (unpaired) electrons. The van der Waals surface area contributed by atoms with E-state index in [9.17, 15) is 32.7 Å². The summed E-state index contributed by atoms with van der Waals surface area (Å²) in [5.41, 5.74) is -1.89. The lowest BCUT2D eigenvalue weighted by Crippen LogP contribution is -2.66. The Kier molecular flexibility index (Phi) is 6.75. The Morgan fingerprint density at radius 3 is 2.25 bits per heavy atom. The van der Waals surface area contributed by atoms with E-state index in [-0.39, 0.29) is 46.6 Å². The average molecular weight is 565 g/mol. The highest BCUT2D eigenvalue weighted by atomic mass is 19.4. The third-order valence-corrected chi connectivity index (χ3v) is 13.5. The highest BCUT2D eigenvalue weighted by Gasteiger charge is 2.71. The van der Waals surface area contributed by atoms with Gasteiger partial charge in [0, 0.05) is 24.2 Å². The number of alkyl halides is 3. The first-order chi connectivity index (χ1) is 18.3. The van der Waals surface area contributed by atoms with Crippen molar-refractivity contribution in [3.8, 4) is 0 Å². The van der Waals surface area contributed by atoms with Crippen molar-refractivity contribution in [2.45, 2.75) is 118 Å². The van der Waals surface area contributed by atoms with Crippen molar-refractivity contribution >= 4 is 17.3 Å². The third kappa shape index (κ3) is 3.98. The Labute approximate surface area is 236 Å². The van der Waals surface area contributed by atoms with Gasteiger partial charge in [-0.1, -0.05) is 47.1 Å². The van der Waals surface area contributed by atoms with Gasteiger partial charge in [0.2, 0.25) is 0 Å². The molecule has 4 fully saturated rings. The molecule has 0 heterocycles. The van der Waals surface area contributed by atoms with Crippen molar-refractivity contribution in [1.82, 2.24) is 0 Å². The van der Waals surface area contributed by atoms with E-state index in [4.69, 9.17) is 0 Å². The van der Waals surface area contributed by atoms with E-state index in [2.05, 4.69) is 34.6 Å². The van der Waals surface area contributed by atoms with Gasteiger partial charge in [0.1, 0.15) is 11.6 Å². The van der Waals surface area contributed by atoms with E-state index in [0.717, 1.165) is 24.8 Å². The Bertz CT molecular complexity index is 1150. The molecule has 4 nitrogen and oxygen atoms in total. The Morgan fingerprint density at radius 1 is 0.975 bits per heavy atom. The first-order valence-corrected chi connectivity index (χ1v) is 15.3. The van der Waals surface area contributed by atoms with E-state index in [1.165, 1.54) is 0 Å². The second-order valence-electron chi connectivity index (χ2n) is 15.9. The molecule has 0 aromatic carbocycles. The number of halogens is 3. The van der Waals surface area contributed by atoms with Crippen LogP contribution in [0.1, 0.15) is 112 Å². The molecular formula is C33H47F3O4. The van der Waals surface area contributed by atoms with Crippen LogP contribution in [-0.2, 0) is 14.4 Å². The molecule has 4 saturated carbocycles. The Balaban J connectivity index is 1.60. The number of allylic oxidation sites excluding steroid dienone is 2. The second-order valence-corrected chi connectivity index (χ2v) is 15.9. The van der Waals surface area contributed by atoms with Crippen molar-refractivity contribution in [2.75, 3.05) is 6.61 Å². The van der Waals surface area contributed by atoms with Crippen LogP contribution in [0.5, 0.6) is 0 Å². The summed E-state index contributed by atoms with van der Waals surface area (Å²) in [5.74, 6) is -0.955. The maximum Gasteiger partial charge on any atom is 0.389 e. The number of carbonyl (C=O) groups excluding carboxylic acids is 3. The summed E-state index contributed by atoms with van der Waals surface area (Å²) < 4.78 is 39.5. The van der Waals surface area contributed by atoms with E-state index < -0.39 is 46.6 Å². The zero-order chi connectivity index (χ0) is 29.7. The van der Waals surface area contributed by atoms with Gasteiger partial charge in [-0.3, -0.25) is 14.4 Å². The summed E-state index contributed by atoms with van der Waals surface area (Å²) in [6.45, 7) is 12.6. The average Bonchev–Trinajstić information content (AvgIpc) is 2.85. The highest BCUT2D eigenvalue weighted by Crippen LogP contribution is 2.75. The molecule has 224 valence electrons. The molecule has 5 aliphatic rings. The molecule has 0 aromatic heterocycles. The van der Waals surface area contributed by atoms with Crippen LogP contribution >= 0.6 is 0 Å². The number of hydrogen-bond acceptors (Lipinski definition) is 4.